The molecule has 0 bridgehead atoms. The van der Waals surface area contributed by atoms with Gasteiger partial charge in [0.15, 0.2) is 0 Å². The van der Waals surface area contributed by atoms with E-state index in [2.05, 4.69) is 22.0 Å². The minimum atomic E-state index is 0.0127. The molecule has 1 saturated heterocycles. The monoisotopic (exact) mass is 342 g/mol. The van der Waals surface area contributed by atoms with Crippen LogP contribution in [0.15, 0.2) is 36.7 Å². The third kappa shape index (κ3) is 3.62. The van der Waals surface area contributed by atoms with Gasteiger partial charge in [0.05, 0.1) is 25.4 Å². The zero-order valence-corrected chi connectivity index (χ0v) is 14.5. The topological polar surface area (TPSA) is 51.7 Å². The van der Waals surface area contributed by atoms with Gasteiger partial charge < -0.3 is 14.4 Å². The lowest BCUT2D eigenvalue weighted by molar-refractivity contribution is -0.156. The molecule has 4 atom stereocenters. The minimum Gasteiger partial charge on any atom is -0.372 e. The molecule has 134 valence electrons. The van der Waals surface area contributed by atoms with Gasteiger partial charge in [0.25, 0.3) is 0 Å². The molecule has 3 aliphatic rings. The largest absolute Gasteiger partial charge is 0.372 e. The highest BCUT2D eigenvalue weighted by Gasteiger charge is 2.45. The number of ether oxygens (including phenoxy) is 2. The number of hydrogen-bond acceptors (Lipinski definition) is 4. The second-order valence-corrected chi connectivity index (χ2v) is 7.20. The highest BCUT2D eigenvalue weighted by atomic mass is 16.5. The summed E-state index contributed by atoms with van der Waals surface area (Å²) in [6.45, 7) is 1.91. The van der Waals surface area contributed by atoms with Crippen LogP contribution in [0, 0.1) is 5.92 Å². The summed E-state index contributed by atoms with van der Waals surface area (Å²) >= 11 is 0. The van der Waals surface area contributed by atoms with Crippen LogP contribution >= 0.6 is 0 Å². The predicted octanol–water partition coefficient (Wildman–Crippen LogP) is 2.71. The van der Waals surface area contributed by atoms with Crippen LogP contribution in [0.5, 0.6) is 0 Å². The first-order valence-electron chi connectivity index (χ1n) is 9.40. The Hall–Kier alpha value is -1.72. The van der Waals surface area contributed by atoms with Crippen LogP contribution in [0.1, 0.15) is 37.7 Å². The summed E-state index contributed by atoms with van der Waals surface area (Å²) in [5.74, 6) is 0.470. The van der Waals surface area contributed by atoms with Gasteiger partial charge in [-0.05, 0) is 49.8 Å². The summed E-state index contributed by atoms with van der Waals surface area (Å²) < 4.78 is 12.2. The number of aromatic nitrogens is 1. The Morgan fingerprint density at radius 2 is 2.12 bits per heavy atom. The van der Waals surface area contributed by atoms with Gasteiger partial charge in [-0.2, -0.15) is 0 Å². The van der Waals surface area contributed by atoms with E-state index < -0.39 is 0 Å². The Kier molecular flexibility index (Phi) is 5.13. The van der Waals surface area contributed by atoms with Gasteiger partial charge in [0.1, 0.15) is 6.10 Å². The molecule has 1 aliphatic heterocycles. The Morgan fingerprint density at radius 1 is 1.24 bits per heavy atom. The van der Waals surface area contributed by atoms with E-state index in [9.17, 15) is 4.79 Å². The molecule has 0 radical (unpaired) electrons. The Bertz CT molecular complexity index is 619. The second-order valence-electron chi connectivity index (χ2n) is 7.20. The maximum Gasteiger partial charge on any atom is 0.226 e. The van der Waals surface area contributed by atoms with Crippen molar-refractivity contribution in [2.45, 2.75) is 57.0 Å². The number of fused-ring (bicyclic) bond motifs is 1. The fraction of sp³-hybridized carbons (Fsp3) is 0.600. The third-order valence-corrected chi connectivity index (χ3v) is 5.65. The average molecular weight is 342 g/mol. The molecule has 1 saturated carbocycles. The lowest BCUT2D eigenvalue weighted by atomic mass is 9.92. The first-order chi connectivity index (χ1) is 12.3. The van der Waals surface area contributed by atoms with Crippen molar-refractivity contribution in [2.75, 3.05) is 13.2 Å². The number of morpholine rings is 1. The van der Waals surface area contributed by atoms with Crippen molar-refractivity contribution in [3.8, 4) is 0 Å². The van der Waals surface area contributed by atoms with Gasteiger partial charge in [-0.1, -0.05) is 12.2 Å². The number of allylic oxidation sites excluding steroid dienone is 2. The van der Waals surface area contributed by atoms with E-state index in [1.807, 2.05) is 12.1 Å². The van der Waals surface area contributed by atoms with E-state index in [-0.39, 0.29) is 24.2 Å². The normalized spacial score (nSPS) is 31.8. The molecule has 0 unspecified atom stereocenters. The van der Waals surface area contributed by atoms with Crippen molar-refractivity contribution in [1.82, 2.24) is 9.88 Å². The maximum absolute atomic E-state index is 13.0. The molecular weight excluding hydrogens is 316 g/mol. The molecule has 2 heterocycles. The summed E-state index contributed by atoms with van der Waals surface area (Å²) in [5, 5.41) is 0. The molecule has 2 fully saturated rings. The van der Waals surface area contributed by atoms with Gasteiger partial charge in [-0.25, -0.2) is 0 Å². The molecule has 0 spiro atoms. The molecule has 4 rings (SSSR count). The molecule has 0 aromatic carbocycles. The highest BCUT2D eigenvalue weighted by molar-refractivity contribution is 5.79. The molecule has 25 heavy (non-hydrogen) atoms. The van der Waals surface area contributed by atoms with E-state index in [0.717, 1.165) is 44.2 Å². The van der Waals surface area contributed by atoms with Crippen LogP contribution in [0.2, 0.25) is 0 Å². The lowest BCUT2D eigenvalue weighted by Gasteiger charge is -2.40. The summed E-state index contributed by atoms with van der Waals surface area (Å²) in [7, 11) is 0. The second kappa shape index (κ2) is 7.67. The summed E-state index contributed by atoms with van der Waals surface area (Å²) in [4.78, 5) is 19.1. The van der Waals surface area contributed by atoms with Crippen molar-refractivity contribution in [3.05, 3.63) is 42.2 Å². The number of pyridine rings is 1. The SMILES string of the molecule is O=C([C@@H]1CC=CCC1)N1CCO[C@H]2[C@H](OCc3ccncc3)CC[C@@H]21. The molecule has 5 heteroatoms. The standard InChI is InChI=1S/C20H26N2O3/c23-20(16-4-2-1-3-5-16)22-12-13-24-19-17(22)6-7-18(19)25-14-15-8-10-21-11-9-15/h1-2,8-11,16-19H,3-7,12-14H2/t16-,17+,18-,19-/m1/s1. The van der Waals surface area contributed by atoms with Crippen molar-refractivity contribution < 1.29 is 14.3 Å². The van der Waals surface area contributed by atoms with Crippen LogP contribution in [0.25, 0.3) is 0 Å². The molecule has 1 amide bonds. The fourth-order valence-electron chi connectivity index (χ4n) is 4.30. The summed E-state index contributed by atoms with van der Waals surface area (Å²) in [5.41, 5.74) is 1.12. The maximum atomic E-state index is 13.0. The van der Waals surface area contributed by atoms with Gasteiger partial charge in [0.2, 0.25) is 5.91 Å². The van der Waals surface area contributed by atoms with Crippen molar-refractivity contribution in [3.63, 3.8) is 0 Å². The van der Waals surface area contributed by atoms with E-state index in [0.29, 0.717) is 19.1 Å². The smallest absolute Gasteiger partial charge is 0.226 e. The van der Waals surface area contributed by atoms with Gasteiger partial charge in [-0.15, -0.1) is 0 Å². The number of hydrogen-bond donors (Lipinski definition) is 0. The van der Waals surface area contributed by atoms with Crippen molar-refractivity contribution in [1.29, 1.82) is 0 Å². The average Bonchev–Trinajstić information content (AvgIpc) is 3.10. The van der Waals surface area contributed by atoms with E-state index in [1.165, 1.54) is 0 Å². The quantitative estimate of drug-likeness (QED) is 0.790. The Morgan fingerprint density at radius 3 is 2.92 bits per heavy atom. The molecular formula is C20H26N2O3. The van der Waals surface area contributed by atoms with Crippen molar-refractivity contribution >= 4 is 5.91 Å². The predicted molar refractivity (Wildman–Crippen MR) is 93.8 cm³/mol. The molecule has 1 aromatic heterocycles. The number of rotatable bonds is 4. The van der Waals surface area contributed by atoms with E-state index in [1.54, 1.807) is 12.4 Å². The zero-order valence-electron chi connectivity index (χ0n) is 14.5. The molecule has 0 N–H and O–H groups in total. The van der Waals surface area contributed by atoms with Gasteiger partial charge in [-0.3, -0.25) is 9.78 Å². The fourth-order valence-corrected chi connectivity index (χ4v) is 4.30. The van der Waals surface area contributed by atoms with Gasteiger partial charge in [0, 0.05) is 24.9 Å². The summed E-state index contributed by atoms with van der Waals surface area (Å²) in [6.07, 6.45) is 12.8. The lowest BCUT2D eigenvalue weighted by Crippen LogP contribution is -2.55. The number of carbonyl (C=O) groups is 1. The van der Waals surface area contributed by atoms with Crippen LogP contribution in [0.4, 0.5) is 0 Å². The van der Waals surface area contributed by atoms with Gasteiger partial charge >= 0.3 is 0 Å². The van der Waals surface area contributed by atoms with E-state index >= 15 is 0 Å². The first-order valence-corrected chi connectivity index (χ1v) is 9.40. The molecule has 2 aliphatic carbocycles. The van der Waals surface area contributed by atoms with Crippen LogP contribution < -0.4 is 0 Å². The first kappa shape index (κ1) is 16.7. The van der Waals surface area contributed by atoms with Crippen LogP contribution in [-0.2, 0) is 20.9 Å². The number of carbonyl (C=O) groups excluding carboxylic acids is 1. The molecule has 5 nitrogen and oxygen atoms in total. The van der Waals surface area contributed by atoms with Crippen molar-refractivity contribution in [2.24, 2.45) is 5.92 Å². The van der Waals surface area contributed by atoms with E-state index in [4.69, 9.17) is 9.47 Å². The minimum absolute atomic E-state index is 0.0127. The molecule has 1 aromatic rings. The number of amides is 1. The zero-order chi connectivity index (χ0) is 17.1. The number of nitrogens with zero attached hydrogens (tertiary/aromatic N) is 2. The van der Waals surface area contributed by atoms with Crippen LogP contribution in [-0.4, -0.2) is 47.2 Å². The third-order valence-electron chi connectivity index (χ3n) is 5.65. The highest BCUT2D eigenvalue weighted by Crippen LogP contribution is 2.34. The Balaban J connectivity index is 1.38. The summed E-state index contributed by atoms with van der Waals surface area (Å²) in [6, 6.07) is 4.12. The van der Waals surface area contributed by atoms with Crippen LogP contribution in [0.3, 0.4) is 0 Å². The Labute approximate surface area is 149 Å².